The minimum Gasteiger partial charge on any atom is -0.353 e. The Balaban J connectivity index is 1.37. The number of aromatic nitrogens is 3. The second-order valence-electron chi connectivity index (χ2n) is 7.24. The Morgan fingerprint density at radius 3 is 2.62 bits per heavy atom. The molecule has 1 aromatic carbocycles. The summed E-state index contributed by atoms with van der Waals surface area (Å²) in [5.41, 5.74) is 1.24. The van der Waals surface area contributed by atoms with Gasteiger partial charge in [-0.15, -0.1) is 0 Å². The summed E-state index contributed by atoms with van der Waals surface area (Å²) >= 11 is 0. The van der Waals surface area contributed by atoms with E-state index in [9.17, 15) is 14.4 Å². The molecule has 150 valence electrons. The maximum Gasteiger partial charge on any atom is 0.328 e. The number of nitrogens with one attached hydrogen (secondary N) is 1. The number of hydrogen-bond donors (Lipinski definition) is 1. The Morgan fingerprint density at radius 2 is 1.86 bits per heavy atom. The molecule has 3 aromatic rings. The molecule has 1 saturated heterocycles. The third-order valence-electron chi connectivity index (χ3n) is 5.33. The lowest BCUT2D eigenvalue weighted by atomic mass is 10.1. The second-order valence-corrected chi connectivity index (χ2v) is 7.24. The minimum atomic E-state index is -0.493. The van der Waals surface area contributed by atoms with Gasteiger partial charge in [-0.3, -0.25) is 14.6 Å². The first-order valence-electron chi connectivity index (χ1n) is 9.70. The number of para-hydroxylation sites is 1. The molecule has 4 rings (SSSR count). The van der Waals surface area contributed by atoms with Crippen molar-refractivity contribution in [3.63, 3.8) is 0 Å². The monoisotopic (exact) mass is 393 g/mol. The van der Waals surface area contributed by atoms with Crippen LogP contribution in [0.15, 0.2) is 52.2 Å². The van der Waals surface area contributed by atoms with Gasteiger partial charge in [-0.05, 0) is 24.6 Å². The summed E-state index contributed by atoms with van der Waals surface area (Å²) in [6, 6.07) is 11.5. The van der Waals surface area contributed by atoms with E-state index in [1.165, 1.54) is 22.4 Å². The second kappa shape index (κ2) is 7.90. The number of carbonyl (C=O) groups excluding carboxylic acids is 1. The Hall–Kier alpha value is -3.42. The normalized spacial score (nSPS) is 14.4. The van der Waals surface area contributed by atoms with Crippen LogP contribution in [0.1, 0.15) is 12.0 Å². The summed E-state index contributed by atoms with van der Waals surface area (Å²) in [6.45, 7) is 5.01. The van der Waals surface area contributed by atoms with Gasteiger partial charge >= 0.3 is 5.69 Å². The molecular weight excluding hydrogens is 370 g/mol. The van der Waals surface area contributed by atoms with E-state index in [-0.39, 0.29) is 18.9 Å². The number of carbonyl (C=O) groups is 1. The predicted molar refractivity (Wildman–Crippen MR) is 111 cm³/mol. The first-order chi connectivity index (χ1) is 14.0. The zero-order valence-electron chi connectivity index (χ0n) is 16.3. The van der Waals surface area contributed by atoms with Gasteiger partial charge in [0.05, 0.1) is 5.52 Å². The first kappa shape index (κ1) is 18.9. The van der Waals surface area contributed by atoms with Crippen molar-refractivity contribution in [2.45, 2.75) is 19.9 Å². The molecule has 0 unspecified atom stereocenters. The molecular formula is C21H23N5O3. The van der Waals surface area contributed by atoms with Gasteiger partial charge in [0.15, 0.2) is 0 Å². The molecule has 0 radical (unpaired) electrons. The summed E-state index contributed by atoms with van der Waals surface area (Å²) in [5, 5.41) is 1.16. The van der Waals surface area contributed by atoms with Crippen molar-refractivity contribution in [2.24, 2.45) is 0 Å². The number of nitrogens with zero attached hydrogens (tertiary/aromatic N) is 4. The lowest BCUT2D eigenvalue weighted by molar-refractivity contribution is -0.131. The number of anilines is 1. The van der Waals surface area contributed by atoms with Gasteiger partial charge in [0, 0.05) is 56.8 Å². The summed E-state index contributed by atoms with van der Waals surface area (Å²) in [5.74, 6) is 0.943. The molecule has 1 aliphatic rings. The van der Waals surface area contributed by atoms with Crippen molar-refractivity contribution in [3.8, 4) is 0 Å². The largest absolute Gasteiger partial charge is 0.353 e. The molecule has 0 spiro atoms. The third-order valence-corrected chi connectivity index (χ3v) is 5.33. The van der Waals surface area contributed by atoms with Gasteiger partial charge in [-0.2, -0.15) is 0 Å². The number of aromatic amines is 1. The van der Waals surface area contributed by atoms with Gasteiger partial charge < -0.3 is 14.4 Å². The highest BCUT2D eigenvalue weighted by atomic mass is 16.2. The number of hydrogen-bond acceptors (Lipinski definition) is 5. The molecule has 1 amide bonds. The van der Waals surface area contributed by atoms with Gasteiger partial charge in [0.2, 0.25) is 5.91 Å². The molecule has 2 aromatic heterocycles. The smallest absolute Gasteiger partial charge is 0.328 e. The molecule has 0 aliphatic carbocycles. The van der Waals surface area contributed by atoms with Crippen molar-refractivity contribution in [1.82, 2.24) is 19.4 Å². The van der Waals surface area contributed by atoms with E-state index < -0.39 is 11.2 Å². The molecule has 1 aliphatic heterocycles. The lowest BCUT2D eigenvalue weighted by Crippen LogP contribution is -2.49. The number of aryl methyl sites for hydroxylation is 2. The van der Waals surface area contributed by atoms with Gasteiger partial charge in [0.25, 0.3) is 5.56 Å². The van der Waals surface area contributed by atoms with Crippen LogP contribution in [0.25, 0.3) is 10.9 Å². The highest BCUT2D eigenvalue weighted by molar-refractivity contribution is 5.84. The maximum atomic E-state index is 12.5. The summed E-state index contributed by atoms with van der Waals surface area (Å²) < 4.78 is 1.34. The number of amides is 1. The minimum absolute atomic E-state index is 0.00500. The molecule has 3 heterocycles. The number of benzene rings is 1. The van der Waals surface area contributed by atoms with E-state index in [1.54, 1.807) is 0 Å². The van der Waals surface area contributed by atoms with E-state index in [1.807, 2.05) is 23.1 Å². The number of piperazine rings is 1. The number of pyridine rings is 1. The zero-order chi connectivity index (χ0) is 20.4. The summed E-state index contributed by atoms with van der Waals surface area (Å²) in [4.78, 5) is 46.4. The maximum absolute atomic E-state index is 12.5. The van der Waals surface area contributed by atoms with Crippen LogP contribution in [0.2, 0.25) is 0 Å². The fourth-order valence-corrected chi connectivity index (χ4v) is 3.67. The Kier molecular flexibility index (Phi) is 5.16. The van der Waals surface area contributed by atoms with Crippen molar-refractivity contribution in [1.29, 1.82) is 0 Å². The van der Waals surface area contributed by atoms with Crippen LogP contribution < -0.4 is 16.1 Å². The molecule has 8 heteroatoms. The van der Waals surface area contributed by atoms with E-state index in [4.69, 9.17) is 4.98 Å². The number of rotatable bonds is 4. The number of fused-ring (bicyclic) bond motifs is 1. The fourth-order valence-electron chi connectivity index (χ4n) is 3.67. The van der Waals surface area contributed by atoms with Gasteiger partial charge in [-0.1, -0.05) is 18.2 Å². The van der Waals surface area contributed by atoms with Gasteiger partial charge in [0.1, 0.15) is 5.82 Å². The lowest BCUT2D eigenvalue weighted by Gasteiger charge is -2.35. The zero-order valence-corrected chi connectivity index (χ0v) is 16.3. The standard InChI is InChI=1S/C21H23N5O3/c1-15-14-18(22-17-5-3-2-4-16(15)17)24-10-12-25(13-11-24)20(28)7-9-26-8-6-19(27)23-21(26)29/h2-6,8,14H,7,9-13H2,1H3,(H,23,27,29). The summed E-state index contributed by atoms with van der Waals surface area (Å²) in [6.07, 6.45) is 1.64. The van der Waals surface area contributed by atoms with Crippen LogP contribution in [-0.4, -0.2) is 51.5 Å². The molecule has 0 saturated carbocycles. The van der Waals surface area contributed by atoms with E-state index in [0.717, 1.165) is 29.8 Å². The molecule has 8 nitrogen and oxygen atoms in total. The Morgan fingerprint density at radius 1 is 1.10 bits per heavy atom. The summed E-state index contributed by atoms with van der Waals surface area (Å²) in [7, 11) is 0. The van der Waals surface area contributed by atoms with Crippen molar-refractivity contribution >= 4 is 22.6 Å². The van der Waals surface area contributed by atoms with Crippen molar-refractivity contribution in [2.75, 3.05) is 31.1 Å². The van der Waals surface area contributed by atoms with E-state index in [0.29, 0.717) is 13.1 Å². The molecule has 0 bridgehead atoms. The van der Waals surface area contributed by atoms with Crippen LogP contribution in [0.5, 0.6) is 0 Å². The van der Waals surface area contributed by atoms with Gasteiger partial charge in [-0.25, -0.2) is 9.78 Å². The predicted octanol–water partition coefficient (Wildman–Crippen LogP) is 1.13. The molecule has 0 atom stereocenters. The SMILES string of the molecule is Cc1cc(N2CCN(C(=O)CCn3ccc(=O)[nH]c3=O)CC2)nc2ccccc12. The van der Waals surface area contributed by atoms with Crippen LogP contribution in [-0.2, 0) is 11.3 Å². The Bertz CT molecular complexity index is 1160. The third kappa shape index (κ3) is 4.06. The van der Waals surface area contributed by atoms with E-state index in [2.05, 4.69) is 28.9 Å². The highest BCUT2D eigenvalue weighted by Gasteiger charge is 2.22. The van der Waals surface area contributed by atoms with Crippen molar-refractivity contribution < 1.29 is 4.79 Å². The van der Waals surface area contributed by atoms with Crippen LogP contribution in [0, 0.1) is 6.92 Å². The topological polar surface area (TPSA) is 91.3 Å². The average Bonchev–Trinajstić information content (AvgIpc) is 2.73. The Labute approximate surface area is 167 Å². The number of H-pyrrole nitrogens is 1. The fraction of sp³-hybridized carbons (Fsp3) is 0.333. The van der Waals surface area contributed by atoms with Crippen LogP contribution in [0.3, 0.4) is 0 Å². The molecule has 29 heavy (non-hydrogen) atoms. The molecule has 1 N–H and O–H groups in total. The van der Waals surface area contributed by atoms with Crippen molar-refractivity contribution in [3.05, 3.63) is 69.0 Å². The van der Waals surface area contributed by atoms with E-state index >= 15 is 0 Å². The average molecular weight is 393 g/mol. The van der Waals surface area contributed by atoms with Crippen LogP contribution in [0.4, 0.5) is 5.82 Å². The quantitative estimate of drug-likeness (QED) is 0.718. The highest BCUT2D eigenvalue weighted by Crippen LogP contribution is 2.23. The van der Waals surface area contributed by atoms with Crippen LogP contribution >= 0.6 is 0 Å². The first-order valence-corrected chi connectivity index (χ1v) is 9.70. The molecule has 1 fully saturated rings.